The third kappa shape index (κ3) is 2.83. The standard InChI is InChI=1S/C17H24N2O3/c1-12-6-7-19(11-14(12)16-5-4-8-22-16)17(20)15-9-13(21-3)10-18(15)2/h4-5,8,13,15H,6-7,9-11H2,1-3H3/t13-,15-/m0/s1. The molecule has 2 atom stereocenters. The number of methoxy groups -OCH3 is 1. The van der Waals surface area contributed by atoms with Crippen molar-refractivity contribution in [3.05, 3.63) is 29.7 Å². The summed E-state index contributed by atoms with van der Waals surface area (Å²) in [5, 5.41) is 0. The van der Waals surface area contributed by atoms with Gasteiger partial charge in [0, 0.05) is 32.3 Å². The number of ether oxygens (including phenoxy) is 1. The van der Waals surface area contributed by atoms with E-state index < -0.39 is 0 Å². The molecule has 120 valence electrons. The molecule has 0 N–H and O–H groups in total. The summed E-state index contributed by atoms with van der Waals surface area (Å²) >= 11 is 0. The molecule has 5 nitrogen and oxygen atoms in total. The zero-order valence-electron chi connectivity index (χ0n) is 13.5. The highest BCUT2D eigenvalue weighted by Gasteiger charge is 2.37. The molecule has 3 heterocycles. The van der Waals surface area contributed by atoms with Gasteiger partial charge in [0.2, 0.25) is 5.91 Å². The normalized spacial score (nSPS) is 26.8. The van der Waals surface area contributed by atoms with E-state index in [2.05, 4.69) is 11.8 Å². The second-order valence-corrected chi connectivity index (χ2v) is 6.29. The molecule has 1 aromatic rings. The molecule has 0 aromatic carbocycles. The Hall–Kier alpha value is -1.59. The molecule has 2 aliphatic heterocycles. The van der Waals surface area contributed by atoms with Gasteiger partial charge in [-0.05, 0) is 38.9 Å². The van der Waals surface area contributed by atoms with Crippen molar-refractivity contribution in [1.82, 2.24) is 9.80 Å². The fraction of sp³-hybridized carbons (Fsp3) is 0.588. The van der Waals surface area contributed by atoms with Crippen molar-refractivity contribution in [3.8, 4) is 0 Å². The molecule has 1 amide bonds. The van der Waals surface area contributed by atoms with E-state index in [0.29, 0.717) is 6.54 Å². The van der Waals surface area contributed by atoms with Crippen LogP contribution in [0.15, 0.2) is 28.4 Å². The minimum Gasteiger partial charge on any atom is -0.465 e. The molecule has 0 aliphatic carbocycles. The molecule has 0 spiro atoms. The molecule has 0 saturated carbocycles. The van der Waals surface area contributed by atoms with E-state index >= 15 is 0 Å². The van der Waals surface area contributed by atoms with Gasteiger partial charge in [0.1, 0.15) is 5.76 Å². The Bertz CT molecular complexity index is 564. The van der Waals surface area contributed by atoms with Crippen LogP contribution in [0, 0.1) is 0 Å². The first kappa shape index (κ1) is 15.3. The van der Waals surface area contributed by atoms with Crippen LogP contribution in [0.5, 0.6) is 0 Å². The van der Waals surface area contributed by atoms with E-state index in [-0.39, 0.29) is 18.1 Å². The quantitative estimate of drug-likeness (QED) is 0.857. The third-order valence-electron chi connectivity index (χ3n) is 4.88. The molecule has 5 heteroatoms. The van der Waals surface area contributed by atoms with Crippen LogP contribution >= 0.6 is 0 Å². The summed E-state index contributed by atoms with van der Waals surface area (Å²) in [5.41, 5.74) is 2.46. The summed E-state index contributed by atoms with van der Waals surface area (Å²) in [5.74, 6) is 1.09. The number of furan rings is 1. The van der Waals surface area contributed by atoms with Crippen molar-refractivity contribution in [2.24, 2.45) is 0 Å². The van der Waals surface area contributed by atoms with E-state index in [1.165, 1.54) is 5.57 Å². The summed E-state index contributed by atoms with van der Waals surface area (Å²) in [6, 6.07) is 3.79. The second-order valence-electron chi connectivity index (χ2n) is 6.29. The molecule has 2 aliphatic rings. The monoisotopic (exact) mass is 304 g/mol. The maximum Gasteiger partial charge on any atom is 0.240 e. The Morgan fingerprint density at radius 2 is 2.27 bits per heavy atom. The van der Waals surface area contributed by atoms with Crippen molar-refractivity contribution in [2.75, 3.05) is 33.8 Å². The van der Waals surface area contributed by atoms with E-state index in [1.807, 2.05) is 24.1 Å². The Balaban J connectivity index is 1.73. The van der Waals surface area contributed by atoms with Gasteiger partial charge in [-0.2, -0.15) is 0 Å². The highest BCUT2D eigenvalue weighted by molar-refractivity contribution is 5.85. The highest BCUT2D eigenvalue weighted by Crippen LogP contribution is 2.28. The first-order valence-electron chi connectivity index (χ1n) is 7.84. The van der Waals surface area contributed by atoms with Crippen molar-refractivity contribution < 1.29 is 13.9 Å². The second kappa shape index (κ2) is 6.26. The molecule has 0 radical (unpaired) electrons. The first-order valence-corrected chi connectivity index (χ1v) is 7.84. The van der Waals surface area contributed by atoms with Gasteiger partial charge in [-0.15, -0.1) is 0 Å². The van der Waals surface area contributed by atoms with Crippen LogP contribution in [-0.4, -0.2) is 61.6 Å². The molecule has 1 aromatic heterocycles. The van der Waals surface area contributed by atoms with Crippen molar-refractivity contribution >= 4 is 11.5 Å². The van der Waals surface area contributed by atoms with Gasteiger partial charge in [-0.3, -0.25) is 9.69 Å². The first-order chi connectivity index (χ1) is 10.6. The molecule has 1 saturated heterocycles. The minimum absolute atomic E-state index is 0.0683. The average molecular weight is 304 g/mol. The van der Waals surface area contributed by atoms with E-state index in [0.717, 1.165) is 37.3 Å². The fourth-order valence-corrected chi connectivity index (χ4v) is 3.41. The van der Waals surface area contributed by atoms with Crippen LogP contribution in [0.1, 0.15) is 25.5 Å². The Morgan fingerprint density at radius 1 is 1.45 bits per heavy atom. The van der Waals surface area contributed by atoms with Crippen LogP contribution in [0.2, 0.25) is 0 Å². The molecular formula is C17H24N2O3. The summed E-state index contributed by atoms with van der Waals surface area (Å²) in [6.45, 7) is 4.38. The minimum atomic E-state index is -0.0683. The number of hydrogen-bond donors (Lipinski definition) is 0. The van der Waals surface area contributed by atoms with Gasteiger partial charge in [0.05, 0.1) is 18.4 Å². The maximum absolute atomic E-state index is 12.9. The van der Waals surface area contributed by atoms with Crippen molar-refractivity contribution in [2.45, 2.75) is 31.9 Å². The summed E-state index contributed by atoms with van der Waals surface area (Å²) in [4.78, 5) is 16.9. The van der Waals surface area contributed by atoms with E-state index in [4.69, 9.17) is 9.15 Å². The van der Waals surface area contributed by atoms with Crippen LogP contribution < -0.4 is 0 Å². The smallest absolute Gasteiger partial charge is 0.240 e. The number of rotatable bonds is 3. The summed E-state index contributed by atoms with van der Waals surface area (Å²) < 4.78 is 10.9. The molecule has 22 heavy (non-hydrogen) atoms. The largest absolute Gasteiger partial charge is 0.465 e. The molecule has 1 fully saturated rings. The Morgan fingerprint density at radius 3 is 2.91 bits per heavy atom. The van der Waals surface area contributed by atoms with Gasteiger partial charge in [0.15, 0.2) is 0 Å². The lowest BCUT2D eigenvalue weighted by atomic mass is 9.98. The Labute approximate surface area is 131 Å². The SMILES string of the molecule is CO[C@H]1C[C@@H](C(=O)N2CCC(C)=C(c3ccco3)C2)N(C)C1. The third-order valence-corrected chi connectivity index (χ3v) is 4.88. The average Bonchev–Trinajstić information content (AvgIpc) is 3.16. The van der Waals surface area contributed by atoms with Crippen LogP contribution in [-0.2, 0) is 9.53 Å². The topological polar surface area (TPSA) is 45.9 Å². The number of amides is 1. The van der Waals surface area contributed by atoms with Gasteiger partial charge >= 0.3 is 0 Å². The molecule has 0 unspecified atom stereocenters. The lowest BCUT2D eigenvalue weighted by Gasteiger charge is -2.32. The number of likely N-dealkylation sites (tertiary alicyclic amines) is 1. The number of likely N-dealkylation sites (N-methyl/N-ethyl adjacent to an activating group) is 1. The summed E-state index contributed by atoms with van der Waals surface area (Å²) in [6.07, 6.45) is 3.53. The van der Waals surface area contributed by atoms with E-state index in [1.54, 1.807) is 13.4 Å². The fourth-order valence-electron chi connectivity index (χ4n) is 3.41. The van der Waals surface area contributed by atoms with Crippen LogP contribution in [0.4, 0.5) is 0 Å². The highest BCUT2D eigenvalue weighted by atomic mass is 16.5. The summed E-state index contributed by atoms with van der Waals surface area (Å²) in [7, 11) is 3.72. The zero-order chi connectivity index (χ0) is 15.7. The number of nitrogens with zero attached hydrogens (tertiary/aromatic N) is 2. The Kier molecular flexibility index (Phi) is 4.36. The number of hydrogen-bond acceptors (Lipinski definition) is 4. The number of carbonyl (C=O) groups excluding carboxylic acids is 1. The van der Waals surface area contributed by atoms with Crippen LogP contribution in [0.25, 0.3) is 5.57 Å². The predicted octanol–water partition coefficient (Wildman–Crippen LogP) is 2.00. The van der Waals surface area contributed by atoms with Crippen molar-refractivity contribution in [1.29, 1.82) is 0 Å². The zero-order valence-corrected chi connectivity index (χ0v) is 13.5. The molecular weight excluding hydrogens is 280 g/mol. The van der Waals surface area contributed by atoms with Gasteiger partial charge in [-0.25, -0.2) is 0 Å². The van der Waals surface area contributed by atoms with E-state index in [9.17, 15) is 4.79 Å². The lowest BCUT2D eigenvalue weighted by molar-refractivity contribution is -0.135. The van der Waals surface area contributed by atoms with Crippen LogP contribution in [0.3, 0.4) is 0 Å². The predicted molar refractivity (Wildman–Crippen MR) is 84.3 cm³/mol. The van der Waals surface area contributed by atoms with Crippen molar-refractivity contribution in [3.63, 3.8) is 0 Å². The molecule has 0 bridgehead atoms. The molecule has 3 rings (SSSR count). The van der Waals surface area contributed by atoms with Gasteiger partial charge < -0.3 is 14.1 Å². The van der Waals surface area contributed by atoms with Gasteiger partial charge in [0.25, 0.3) is 0 Å². The number of carbonyl (C=O) groups is 1. The lowest BCUT2D eigenvalue weighted by Crippen LogP contribution is -2.46. The van der Waals surface area contributed by atoms with Gasteiger partial charge in [-0.1, -0.05) is 5.57 Å². The maximum atomic E-state index is 12.9.